The Morgan fingerprint density at radius 3 is 2.00 bits per heavy atom. The number of halogens is 3. The molecule has 1 unspecified atom stereocenters. The zero-order chi connectivity index (χ0) is 10.8. The average molecular weight is 241 g/mol. The van der Waals surface area contributed by atoms with E-state index in [2.05, 4.69) is 0 Å². The summed E-state index contributed by atoms with van der Waals surface area (Å²) < 4.78 is 36.5. The van der Waals surface area contributed by atoms with Gasteiger partial charge in [0.2, 0.25) is 0 Å². The van der Waals surface area contributed by atoms with Gasteiger partial charge in [-0.2, -0.15) is 13.2 Å². The van der Waals surface area contributed by atoms with Crippen molar-refractivity contribution in [3.63, 3.8) is 0 Å². The minimum atomic E-state index is -4.29. The molecule has 0 spiro atoms. The van der Waals surface area contributed by atoms with Gasteiger partial charge in [-0.1, -0.05) is 31.0 Å². The summed E-state index contributed by atoms with van der Waals surface area (Å²) in [6, 6.07) is 4.34. The van der Waals surface area contributed by atoms with E-state index in [1.807, 2.05) is 6.92 Å². The third-order valence-electron chi connectivity index (χ3n) is 2.05. The molecule has 0 saturated heterocycles. The smallest absolute Gasteiger partial charge is 0.671 e. The number of benzene rings is 1. The normalized spacial score (nSPS) is 13.1. The standard InChI is InChI=1S/C10H11F3N.K/c1-2-9(14)7-3-5-8(6-4-7)10(11,12)13;/h3-6,9,14H,2H2,1H3;/q-1;+1. The van der Waals surface area contributed by atoms with Crippen LogP contribution in [0.4, 0.5) is 13.2 Å². The second kappa shape index (κ2) is 6.37. The van der Waals surface area contributed by atoms with E-state index in [9.17, 15) is 13.2 Å². The summed E-state index contributed by atoms with van der Waals surface area (Å²) in [5.41, 5.74) is 7.47. The maximum absolute atomic E-state index is 12.2. The maximum Gasteiger partial charge on any atom is 1.00 e. The van der Waals surface area contributed by atoms with Crippen molar-refractivity contribution in [3.05, 3.63) is 41.1 Å². The van der Waals surface area contributed by atoms with Gasteiger partial charge in [0.15, 0.2) is 0 Å². The Balaban J connectivity index is 0.00000196. The van der Waals surface area contributed by atoms with Gasteiger partial charge in [-0.3, -0.25) is 0 Å². The maximum atomic E-state index is 12.2. The predicted molar refractivity (Wildman–Crippen MR) is 48.8 cm³/mol. The molecule has 1 aromatic carbocycles. The van der Waals surface area contributed by atoms with E-state index in [0.29, 0.717) is 12.0 Å². The molecule has 1 aromatic rings. The van der Waals surface area contributed by atoms with Crippen molar-refractivity contribution in [2.75, 3.05) is 0 Å². The van der Waals surface area contributed by atoms with Crippen molar-refractivity contribution >= 4 is 0 Å². The summed E-state index contributed by atoms with van der Waals surface area (Å²) in [6.45, 7) is 1.83. The monoisotopic (exact) mass is 241 g/mol. The minimum absolute atomic E-state index is 0. The van der Waals surface area contributed by atoms with Gasteiger partial charge in [-0.15, -0.1) is 6.04 Å². The summed E-state index contributed by atoms with van der Waals surface area (Å²) in [5.74, 6) is 0. The quantitative estimate of drug-likeness (QED) is 0.695. The Bertz CT molecular complexity index is 295. The van der Waals surface area contributed by atoms with Crippen LogP contribution in [-0.4, -0.2) is 0 Å². The molecule has 78 valence electrons. The second-order valence-corrected chi connectivity index (χ2v) is 3.08. The summed E-state index contributed by atoms with van der Waals surface area (Å²) in [5, 5.41) is 0. The number of hydrogen-bond acceptors (Lipinski definition) is 0. The fraction of sp³-hybridized carbons (Fsp3) is 0.400. The van der Waals surface area contributed by atoms with E-state index in [1.54, 1.807) is 0 Å². The Hall–Kier alpha value is 0.606. The van der Waals surface area contributed by atoms with Gasteiger partial charge >= 0.3 is 57.6 Å². The molecule has 0 aliphatic heterocycles. The minimum Gasteiger partial charge on any atom is -0.671 e. The van der Waals surface area contributed by atoms with Gasteiger partial charge in [0.25, 0.3) is 0 Å². The van der Waals surface area contributed by atoms with Crippen molar-refractivity contribution in [2.24, 2.45) is 0 Å². The molecule has 5 heteroatoms. The zero-order valence-corrected chi connectivity index (χ0v) is 11.9. The first-order chi connectivity index (χ1) is 6.45. The molecule has 1 atom stereocenters. The van der Waals surface area contributed by atoms with Crippen molar-refractivity contribution in [1.29, 1.82) is 0 Å². The van der Waals surface area contributed by atoms with Gasteiger partial charge in [-0.25, -0.2) is 0 Å². The predicted octanol–water partition coefficient (Wildman–Crippen LogP) is 1.21. The van der Waals surface area contributed by atoms with Crippen LogP contribution in [0.5, 0.6) is 0 Å². The third-order valence-corrected chi connectivity index (χ3v) is 2.05. The van der Waals surface area contributed by atoms with E-state index in [0.717, 1.165) is 12.1 Å². The first-order valence-corrected chi connectivity index (χ1v) is 4.33. The number of hydrogen-bond donors (Lipinski definition) is 0. The van der Waals surface area contributed by atoms with Crippen LogP contribution in [0.2, 0.25) is 0 Å². The molecule has 0 aliphatic rings. The zero-order valence-electron chi connectivity index (χ0n) is 8.73. The summed E-state index contributed by atoms with van der Waals surface area (Å²) in [7, 11) is 0. The van der Waals surface area contributed by atoms with Crippen LogP contribution in [0.25, 0.3) is 5.73 Å². The van der Waals surface area contributed by atoms with Crippen LogP contribution in [0.3, 0.4) is 0 Å². The molecule has 0 fully saturated rings. The second-order valence-electron chi connectivity index (χ2n) is 3.08. The first-order valence-electron chi connectivity index (χ1n) is 4.33. The van der Waals surface area contributed by atoms with Crippen molar-refractivity contribution in [3.8, 4) is 0 Å². The number of rotatable bonds is 2. The van der Waals surface area contributed by atoms with E-state index in [-0.39, 0.29) is 51.4 Å². The van der Waals surface area contributed by atoms with E-state index in [4.69, 9.17) is 5.73 Å². The molecule has 15 heavy (non-hydrogen) atoms. The summed E-state index contributed by atoms with van der Waals surface area (Å²) >= 11 is 0. The van der Waals surface area contributed by atoms with Crippen LogP contribution >= 0.6 is 0 Å². The van der Waals surface area contributed by atoms with Crippen molar-refractivity contribution in [1.82, 2.24) is 0 Å². The Morgan fingerprint density at radius 1 is 1.20 bits per heavy atom. The molecule has 1 N–H and O–H groups in total. The van der Waals surface area contributed by atoms with Gasteiger partial charge < -0.3 is 5.73 Å². The molecule has 1 rings (SSSR count). The molecule has 0 aliphatic carbocycles. The fourth-order valence-corrected chi connectivity index (χ4v) is 1.14. The Labute approximate surface area is 130 Å². The molecule has 0 saturated carbocycles. The van der Waals surface area contributed by atoms with Gasteiger partial charge in [0.05, 0.1) is 5.56 Å². The van der Waals surface area contributed by atoms with Crippen LogP contribution in [-0.2, 0) is 6.18 Å². The Kier molecular flexibility index (Phi) is 6.63. The molecule has 0 radical (unpaired) electrons. The van der Waals surface area contributed by atoms with Gasteiger partial charge in [0.1, 0.15) is 0 Å². The van der Waals surface area contributed by atoms with Crippen LogP contribution in [0.15, 0.2) is 24.3 Å². The molecule has 0 bridgehead atoms. The molecular formula is C10H11F3KN. The fourth-order valence-electron chi connectivity index (χ4n) is 1.14. The van der Waals surface area contributed by atoms with E-state index < -0.39 is 17.8 Å². The molecule has 1 nitrogen and oxygen atoms in total. The Morgan fingerprint density at radius 2 is 1.67 bits per heavy atom. The topological polar surface area (TPSA) is 23.8 Å². The number of alkyl halides is 3. The SMILES string of the molecule is CCC([NH-])c1ccc(C(F)(F)F)cc1.[K+]. The number of nitrogens with one attached hydrogen (secondary N) is 1. The summed E-state index contributed by atoms with van der Waals surface area (Å²) in [4.78, 5) is 0. The van der Waals surface area contributed by atoms with Crippen LogP contribution in [0, 0.1) is 0 Å². The van der Waals surface area contributed by atoms with Crippen LogP contribution in [0.1, 0.15) is 30.5 Å². The molecular weight excluding hydrogens is 230 g/mol. The molecule has 0 aromatic heterocycles. The van der Waals surface area contributed by atoms with Gasteiger partial charge in [0, 0.05) is 0 Å². The van der Waals surface area contributed by atoms with Crippen molar-refractivity contribution in [2.45, 2.75) is 25.6 Å². The molecule has 0 amide bonds. The average Bonchev–Trinajstić information content (AvgIpc) is 2.15. The molecule has 0 heterocycles. The van der Waals surface area contributed by atoms with Crippen LogP contribution < -0.4 is 51.4 Å². The first kappa shape index (κ1) is 15.6. The van der Waals surface area contributed by atoms with Gasteiger partial charge in [-0.05, 0) is 12.1 Å². The van der Waals surface area contributed by atoms with E-state index >= 15 is 0 Å². The van der Waals surface area contributed by atoms with Crippen molar-refractivity contribution < 1.29 is 64.6 Å². The largest absolute Gasteiger partial charge is 1.00 e. The van der Waals surface area contributed by atoms with E-state index in [1.165, 1.54) is 12.1 Å². The third kappa shape index (κ3) is 4.54. The summed E-state index contributed by atoms with van der Waals surface area (Å²) in [6.07, 6.45) is -3.69.